The second-order valence-corrected chi connectivity index (χ2v) is 8.88. The number of benzene rings is 2. The van der Waals surface area contributed by atoms with Crippen LogP contribution in [0, 0.1) is 6.92 Å². The van der Waals surface area contributed by atoms with E-state index >= 15 is 0 Å². The van der Waals surface area contributed by atoms with Crippen molar-refractivity contribution >= 4 is 17.2 Å². The molecule has 1 atom stereocenters. The van der Waals surface area contributed by atoms with Crippen molar-refractivity contribution in [2.45, 2.75) is 19.6 Å². The van der Waals surface area contributed by atoms with Gasteiger partial charge in [0.1, 0.15) is 18.1 Å². The molecule has 7 nitrogen and oxygen atoms in total. The first-order valence-electron chi connectivity index (χ1n) is 11.0. The maximum Gasteiger partial charge on any atom is 0.251 e. The molecule has 4 rings (SSSR count). The van der Waals surface area contributed by atoms with Crippen molar-refractivity contribution in [3.8, 4) is 11.5 Å². The fourth-order valence-corrected chi connectivity index (χ4v) is 4.40. The van der Waals surface area contributed by atoms with Gasteiger partial charge in [-0.1, -0.05) is 12.1 Å². The summed E-state index contributed by atoms with van der Waals surface area (Å²) in [6.45, 7) is 5.95. The molecule has 8 heteroatoms. The topological polar surface area (TPSA) is 72.9 Å². The number of amides is 1. The van der Waals surface area contributed by atoms with Gasteiger partial charge in [0.25, 0.3) is 5.91 Å². The Morgan fingerprint density at radius 2 is 1.82 bits per heavy atom. The lowest BCUT2D eigenvalue weighted by atomic mass is 10.0. The number of hydrogen-bond acceptors (Lipinski definition) is 7. The van der Waals surface area contributed by atoms with Crippen LogP contribution in [0.2, 0.25) is 0 Å². The average molecular weight is 468 g/mol. The smallest absolute Gasteiger partial charge is 0.251 e. The molecule has 1 saturated heterocycles. The first kappa shape index (κ1) is 23.2. The van der Waals surface area contributed by atoms with Gasteiger partial charge in [-0.05, 0) is 48.9 Å². The molecule has 0 spiro atoms. The van der Waals surface area contributed by atoms with Gasteiger partial charge in [0, 0.05) is 30.6 Å². The summed E-state index contributed by atoms with van der Waals surface area (Å²) in [5.41, 5.74) is 2.65. The van der Waals surface area contributed by atoms with Gasteiger partial charge < -0.3 is 19.5 Å². The zero-order valence-electron chi connectivity index (χ0n) is 19.0. The number of carbonyl (C=O) groups is 1. The molecule has 0 bridgehead atoms. The van der Waals surface area contributed by atoms with E-state index in [-0.39, 0.29) is 11.9 Å². The largest absolute Gasteiger partial charge is 0.497 e. The quantitative estimate of drug-likeness (QED) is 0.516. The SMILES string of the molecule is COc1ccc(C(CNC(=O)c2ccc(OCc3csc(C)n3)cc2)N2CCOCC2)cc1. The molecule has 1 N–H and O–H groups in total. The van der Waals surface area contributed by atoms with Crippen LogP contribution in [0.5, 0.6) is 11.5 Å². The Hall–Kier alpha value is -2.94. The lowest BCUT2D eigenvalue weighted by Gasteiger charge is -2.35. The summed E-state index contributed by atoms with van der Waals surface area (Å²) in [4.78, 5) is 19.6. The summed E-state index contributed by atoms with van der Waals surface area (Å²) < 4.78 is 16.6. The second-order valence-electron chi connectivity index (χ2n) is 7.82. The predicted octanol–water partition coefficient (Wildman–Crippen LogP) is 3.84. The first-order chi connectivity index (χ1) is 16.1. The van der Waals surface area contributed by atoms with Gasteiger partial charge in [-0.15, -0.1) is 11.3 Å². The number of rotatable bonds is 9. The van der Waals surface area contributed by atoms with Gasteiger partial charge in [0.2, 0.25) is 0 Å². The van der Waals surface area contributed by atoms with E-state index in [0.29, 0.717) is 37.7 Å². The van der Waals surface area contributed by atoms with Crippen LogP contribution in [0.1, 0.15) is 32.7 Å². The van der Waals surface area contributed by atoms with E-state index in [9.17, 15) is 4.79 Å². The molecule has 2 heterocycles. The number of methoxy groups -OCH3 is 1. The van der Waals surface area contributed by atoms with Crippen LogP contribution in [-0.2, 0) is 11.3 Å². The molecule has 1 unspecified atom stereocenters. The van der Waals surface area contributed by atoms with Crippen molar-refractivity contribution in [1.29, 1.82) is 0 Å². The minimum Gasteiger partial charge on any atom is -0.497 e. The highest BCUT2D eigenvalue weighted by atomic mass is 32.1. The maximum atomic E-state index is 12.8. The summed E-state index contributed by atoms with van der Waals surface area (Å²) in [5.74, 6) is 1.42. The molecular weight excluding hydrogens is 438 g/mol. The van der Waals surface area contributed by atoms with Crippen molar-refractivity contribution in [2.75, 3.05) is 40.0 Å². The predicted molar refractivity (Wildman–Crippen MR) is 128 cm³/mol. The molecule has 174 valence electrons. The molecule has 1 aliphatic heterocycles. The van der Waals surface area contributed by atoms with Crippen molar-refractivity contribution in [3.05, 3.63) is 75.7 Å². The Morgan fingerprint density at radius 3 is 2.45 bits per heavy atom. The van der Waals surface area contributed by atoms with Crippen LogP contribution in [0.3, 0.4) is 0 Å². The number of morpholine rings is 1. The number of nitrogens with one attached hydrogen (secondary N) is 1. The lowest BCUT2D eigenvalue weighted by Crippen LogP contribution is -2.43. The minimum atomic E-state index is -0.108. The van der Waals surface area contributed by atoms with Gasteiger partial charge in [-0.25, -0.2) is 4.98 Å². The fraction of sp³-hybridized carbons (Fsp3) is 0.360. The number of thiazole rings is 1. The maximum absolute atomic E-state index is 12.8. The highest BCUT2D eigenvalue weighted by molar-refractivity contribution is 7.09. The third kappa shape index (κ3) is 6.31. The Labute approximate surface area is 198 Å². The Balaban J connectivity index is 1.36. The van der Waals surface area contributed by atoms with E-state index in [1.54, 1.807) is 30.6 Å². The van der Waals surface area contributed by atoms with E-state index < -0.39 is 0 Å². The zero-order valence-corrected chi connectivity index (χ0v) is 19.8. The van der Waals surface area contributed by atoms with Crippen molar-refractivity contribution in [2.24, 2.45) is 0 Å². The summed E-state index contributed by atoms with van der Waals surface area (Å²) in [7, 11) is 1.66. The van der Waals surface area contributed by atoms with E-state index in [0.717, 1.165) is 35.1 Å². The highest BCUT2D eigenvalue weighted by Crippen LogP contribution is 2.24. The number of ether oxygens (including phenoxy) is 3. The molecule has 1 aromatic heterocycles. The molecular formula is C25H29N3O4S. The monoisotopic (exact) mass is 467 g/mol. The second kappa shape index (κ2) is 11.3. The van der Waals surface area contributed by atoms with Crippen LogP contribution in [-0.4, -0.2) is 55.7 Å². The molecule has 3 aromatic rings. The van der Waals surface area contributed by atoms with Gasteiger partial charge >= 0.3 is 0 Å². The van der Waals surface area contributed by atoms with Crippen LogP contribution in [0.25, 0.3) is 0 Å². The number of aromatic nitrogens is 1. The zero-order chi connectivity index (χ0) is 23.0. The van der Waals surface area contributed by atoms with Gasteiger partial charge in [-0.2, -0.15) is 0 Å². The number of carbonyl (C=O) groups excluding carboxylic acids is 1. The molecule has 1 aliphatic rings. The third-order valence-corrected chi connectivity index (χ3v) is 6.44. The van der Waals surface area contributed by atoms with Gasteiger partial charge in [-0.3, -0.25) is 9.69 Å². The molecule has 0 radical (unpaired) electrons. The summed E-state index contributed by atoms with van der Waals surface area (Å²) in [6, 6.07) is 15.3. The lowest BCUT2D eigenvalue weighted by molar-refractivity contribution is 0.0162. The Bertz CT molecular complexity index is 1030. The van der Waals surface area contributed by atoms with E-state index in [1.165, 1.54) is 0 Å². The molecule has 0 saturated carbocycles. The molecule has 33 heavy (non-hydrogen) atoms. The molecule has 2 aromatic carbocycles. The number of nitrogens with zero attached hydrogens (tertiary/aromatic N) is 2. The third-order valence-electron chi connectivity index (χ3n) is 5.61. The van der Waals surface area contributed by atoms with Crippen LogP contribution in [0.4, 0.5) is 0 Å². The number of aryl methyl sites for hydroxylation is 1. The van der Waals surface area contributed by atoms with Crippen molar-refractivity contribution < 1.29 is 19.0 Å². The molecule has 1 fully saturated rings. The highest BCUT2D eigenvalue weighted by Gasteiger charge is 2.23. The average Bonchev–Trinajstić information content (AvgIpc) is 3.29. The normalized spacial score (nSPS) is 15.1. The fourth-order valence-electron chi connectivity index (χ4n) is 3.80. The van der Waals surface area contributed by atoms with Crippen LogP contribution < -0.4 is 14.8 Å². The summed E-state index contributed by atoms with van der Waals surface area (Å²) >= 11 is 1.60. The Kier molecular flexibility index (Phi) is 7.93. The summed E-state index contributed by atoms with van der Waals surface area (Å²) in [5, 5.41) is 6.11. The van der Waals surface area contributed by atoms with E-state index in [4.69, 9.17) is 14.2 Å². The standard InChI is InChI=1S/C25H29N3O4S/c1-18-27-21(17-33-18)16-32-23-9-5-20(6-10-23)25(29)26-15-24(28-11-13-31-14-12-28)19-3-7-22(30-2)8-4-19/h3-10,17,24H,11-16H2,1-2H3,(H,26,29). The van der Waals surface area contributed by atoms with Crippen LogP contribution >= 0.6 is 11.3 Å². The van der Waals surface area contributed by atoms with E-state index in [1.807, 2.05) is 36.6 Å². The molecule has 1 amide bonds. The first-order valence-corrected chi connectivity index (χ1v) is 11.9. The van der Waals surface area contributed by atoms with E-state index in [2.05, 4.69) is 27.3 Å². The van der Waals surface area contributed by atoms with Crippen molar-refractivity contribution in [1.82, 2.24) is 15.2 Å². The minimum absolute atomic E-state index is 0.0629. The molecule has 0 aliphatic carbocycles. The van der Waals surface area contributed by atoms with Gasteiger partial charge in [0.05, 0.1) is 37.1 Å². The van der Waals surface area contributed by atoms with Crippen molar-refractivity contribution in [3.63, 3.8) is 0 Å². The van der Waals surface area contributed by atoms with Gasteiger partial charge in [0.15, 0.2) is 0 Å². The number of hydrogen-bond donors (Lipinski definition) is 1. The van der Waals surface area contributed by atoms with Crippen LogP contribution in [0.15, 0.2) is 53.9 Å². The Morgan fingerprint density at radius 1 is 1.12 bits per heavy atom. The summed E-state index contributed by atoms with van der Waals surface area (Å²) in [6.07, 6.45) is 0.